The van der Waals surface area contributed by atoms with Crippen molar-refractivity contribution in [2.75, 3.05) is 0 Å². The highest BCUT2D eigenvalue weighted by Gasteiger charge is 2.19. The fourth-order valence-corrected chi connectivity index (χ4v) is 4.26. The van der Waals surface area contributed by atoms with Crippen LogP contribution >= 0.6 is 0 Å². The summed E-state index contributed by atoms with van der Waals surface area (Å²) in [5, 5.41) is 0. The maximum absolute atomic E-state index is 2.51. The van der Waals surface area contributed by atoms with Gasteiger partial charge in [0.1, 0.15) is 0 Å². The van der Waals surface area contributed by atoms with Gasteiger partial charge in [-0.3, -0.25) is 0 Å². The van der Waals surface area contributed by atoms with Crippen LogP contribution in [0.15, 0.2) is 18.2 Å². The summed E-state index contributed by atoms with van der Waals surface area (Å²) in [5.74, 6) is 1.71. The second kappa shape index (κ2) is 6.11. The fraction of sp³-hybridized carbons (Fsp3) is 0.684. The van der Waals surface area contributed by atoms with E-state index in [0.717, 1.165) is 11.8 Å². The van der Waals surface area contributed by atoms with E-state index in [2.05, 4.69) is 25.1 Å². The second-order valence-electron chi connectivity index (χ2n) is 6.79. The van der Waals surface area contributed by atoms with Crippen LogP contribution in [-0.2, 0) is 0 Å². The molecule has 0 heteroatoms. The number of aryl methyl sites for hydroxylation is 1. The van der Waals surface area contributed by atoms with Crippen LogP contribution in [-0.4, -0.2) is 0 Å². The molecular weight excluding hydrogens is 228 g/mol. The predicted molar refractivity (Wildman–Crippen MR) is 82.8 cm³/mol. The minimum absolute atomic E-state index is 0.854. The Morgan fingerprint density at radius 1 is 0.737 bits per heavy atom. The quantitative estimate of drug-likeness (QED) is 0.600. The Hall–Kier alpha value is -0.780. The van der Waals surface area contributed by atoms with Gasteiger partial charge in [0.25, 0.3) is 0 Å². The number of hydrogen-bond acceptors (Lipinski definition) is 0. The van der Waals surface area contributed by atoms with E-state index in [4.69, 9.17) is 0 Å². The normalized spacial score (nSPS) is 22.6. The molecule has 0 radical (unpaired) electrons. The summed E-state index contributed by atoms with van der Waals surface area (Å²) in [7, 11) is 0. The van der Waals surface area contributed by atoms with Gasteiger partial charge in [0.15, 0.2) is 0 Å². The maximum atomic E-state index is 2.51. The van der Waals surface area contributed by atoms with E-state index in [-0.39, 0.29) is 0 Å². The van der Waals surface area contributed by atoms with Crippen molar-refractivity contribution in [3.8, 4) is 0 Å². The SMILES string of the molecule is Cc1cc(C2CCCCC2)ccc1C1CCCCC1. The maximum Gasteiger partial charge on any atom is -0.0159 e. The lowest BCUT2D eigenvalue weighted by molar-refractivity contribution is 0.438. The Balaban J connectivity index is 1.76. The summed E-state index contributed by atoms with van der Waals surface area (Å²) in [6, 6.07) is 7.43. The van der Waals surface area contributed by atoms with E-state index in [1.165, 1.54) is 64.2 Å². The summed E-state index contributed by atoms with van der Waals surface area (Å²) in [6.45, 7) is 2.34. The summed E-state index contributed by atoms with van der Waals surface area (Å²) >= 11 is 0. The van der Waals surface area contributed by atoms with Crippen LogP contribution in [0.5, 0.6) is 0 Å². The lowest BCUT2D eigenvalue weighted by atomic mass is 9.79. The van der Waals surface area contributed by atoms with Crippen LogP contribution in [0.2, 0.25) is 0 Å². The van der Waals surface area contributed by atoms with E-state index in [9.17, 15) is 0 Å². The van der Waals surface area contributed by atoms with Gasteiger partial charge >= 0.3 is 0 Å². The van der Waals surface area contributed by atoms with E-state index in [1.54, 1.807) is 16.7 Å². The van der Waals surface area contributed by atoms with Gasteiger partial charge in [-0.15, -0.1) is 0 Å². The minimum Gasteiger partial charge on any atom is -0.0585 e. The molecule has 0 aliphatic heterocycles. The van der Waals surface area contributed by atoms with Crippen LogP contribution in [0.1, 0.15) is 92.7 Å². The van der Waals surface area contributed by atoms with Gasteiger partial charge in [-0.25, -0.2) is 0 Å². The smallest absolute Gasteiger partial charge is 0.0159 e. The van der Waals surface area contributed by atoms with Gasteiger partial charge in [0.05, 0.1) is 0 Å². The summed E-state index contributed by atoms with van der Waals surface area (Å²) in [5.41, 5.74) is 4.84. The monoisotopic (exact) mass is 256 g/mol. The molecule has 0 amide bonds. The van der Waals surface area contributed by atoms with Crippen molar-refractivity contribution in [1.82, 2.24) is 0 Å². The van der Waals surface area contributed by atoms with E-state index < -0.39 is 0 Å². The molecular formula is C19H28. The van der Waals surface area contributed by atoms with Gasteiger partial charge in [0, 0.05) is 0 Å². The zero-order valence-corrected chi connectivity index (χ0v) is 12.5. The van der Waals surface area contributed by atoms with Crippen molar-refractivity contribution in [2.45, 2.75) is 83.0 Å². The number of rotatable bonds is 2. The lowest BCUT2D eigenvalue weighted by Gasteiger charge is -2.26. The molecule has 0 unspecified atom stereocenters. The molecule has 0 bridgehead atoms. The molecule has 2 aliphatic carbocycles. The molecule has 0 atom stereocenters. The topological polar surface area (TPSA) is 0 Å². The molecule has 3 rings (SSSR count). The summed E-state index contributed by atoms with van der Waals surface area (Å²) in [6.07, 6.45) is 14.3. The molecule has 0 saturated heterocycles. The zero-order valence-electron chi connectivity index (χ0n) is 12.5. The molecule has 1 aromatic rings. The van der Waals surface area contributed by atoms with Crippen LogP contribution in [0.25, 0.3) is 0 Å². The predicted octanol–water partition coefficient (Wildman–Crippen LogP) is 6.09. The third-order valence-electron chi connectivity index (χ3n) is 5.42. The van der Waals surface area contributed by atoms with Crippen molar-refractivity contribution in [1.29, 1.82) is 0 Å². The average molecular weight is 256 g/mol. The largest absolute Gasteiger partial charge is 0.0585 e. The van der Waals surface area contributed by atoms with Crippen molar-refractivity contribution in [2.24, 2.45) is 0 Å². The van der Waals surface area contributed by atoms with Gasteiger partial charge in [0.2, 0.25) is 0 Å². The Kier molecular flexibility index (Phi) is 4.25. The van der Waals surface area contributed by atoms with Crippen LogP contribution in [0, 0.1) is 6.92 Å². The standard InChI is InChI=1S/C19H28/c1-15-14-18(16-8-4-2-5-9-16)12-13-19(15)17-10-6-3-7-11-17/h12-14,16-17H,2-11H2,1H3. The third kappa shape index (κ3) is 3.04. The summed E-state index contributed by atoms with van der Waals surface area (Å²) in [4.78, 5) is 0. The van der Waals surface area contributed by atoms with Gasteiger partial charge < -0.3 is 0 Å². The van der Waals surface area contributed by atoms with Crippen molar-refractivity contribution in [3.63, 3.8) is 0 Å². The second-order valence-corrected chi connectivity index (χ2v) is 6.79. The molecule has 0 aromatic heterocycles. The molecule has 104 valence electrons. The Morgan fingerprint density at radius 3 is 1.89 bits per heavy atom. The average Bonchev–Trinajstić information content (AvgIpc) is 2.49. The van der Waals surface area contributed by atoms with Crippen molar-refractivity contribution < 1.29 is 0 Å². The van der Waals surface area contributed by atoms with Gasteiger partial charge in [-0.05, 0) is 61.1 Å². The first-order valence-corrected chi connectivity index (χ1v) is 8.45. The first-order chi connectivity index (χ1) is 9.34. The molecule has 0 nitrogen and oxygen atoms in total. The van der Waals surface area contributed by atoms with Crippen LogP contribution < -0.4 is 0 Å². The lowest BCUT2D eigenvalue weighted by Crippen LogP contribution is -2.08. The highest BCUT2D eigenvalue weighted by molar-refractivity contribution is 5.35. The van der Waals surface area contributed by atoms with E-state index in [0.29, 0.717) is 0 Å². The first-order valence-electron chi connectivity index (χ1n) is 8.45. The number of hydrogen-bond donors (Lipinski definition) is 0. The molecule has 2 fully saturated rings. The van der Waals surface area contributed by atoms with Crippen molar-refractivity contribution >= 4 is 0 Å². The molecule has 0 N–H and O–H groups in total. The van der Waals surface area contributed by atoms with Gasteiger partial charge in [-0.2, -0.15) is 0 Å². The van der Waals surface area contributed by atoms with Crippen molar-refractivity contribution in [3.05, 3.63) is 34.9 Å². The van der Waals surface area contributed by atoms with Gasteiger partial charge in [-0.1, -0.05) is 56.7 Å². The van der Waals surface area contributed by atoms with E-state index in [1.807, 2.05) is 0 Å². The highest BCUT2D eigenvalue weighted by atomic mass is 14.2. The Bertz CT molecular complexity index is 406. The van der Waals surface area contributed by atoms with E-state index >= 15 is 0 Å². The number of benzene rings is 1. The Labute approximate surface area is 118 Å². The molecule has 19 heavy (non-hydrogen) atoms. The van der Waals surface area contributed by atoms with Crippen LogP contribution in [0.4, 0.5) is 0 Å². The highest BCUT2D eigenvalue weighted by Crippen LogP contribution is 2.37. The molecule has 0 heterocycles. The van der Waals surface area contributed by atoms with Crippen LogP contribution in [0.3, 0.4) is 0 Å². The molecule has 2 saturated carbocycles. The zero-order chi connectivity index (χ0) is 13.1. The molecule has 2 aliphatic rings. The summed E-state index contributed by atoms with van der Waals surface area (Å²) < 4.78 is 0. The third-order valence-corrected chi connectivity index (χ3v) is 5.42. The Morgan fingerprint density at radius 2 is 1.32 bits per heavy atom. The first kappa shape index (κ1) is 13.2. The fourth-order valence-electron chi connectivity index (χ4n) is 4.26. The minimum atomic E-state index is 0.854. The molecule has 0 spiro atoms. The molecule has 1 aromatic carbocycles.